The number of nitrogens with one attached hydrogen (secondary N) is 1. The van der Waals surface area contributed by atoms with Gasteiger partial charge >= 0.3 is 5.97 Å². The van der Waals surface area contributed by atoms with Crippen LogP contribution in [0.25, 0.3) is 6.08 Å². The van der Waals surface area contributed by atoms with Crippen LogP contribution in [0.3, 0.4) is 0 Å². The molecule has 2 aromatic carbocycles. The predicted octanol–water partition coefficient (Wildman–Crippen LogP) is 3.10. The molecule has 0 aliphatic heterocycles. The van der Waals surface area contributed by atoms with Crippen molar-refractivity contribution in [2.75, 3.05) is 7.11 Å². The summed E-state index contributed by atoms with van der Waals surface area (Å²) in [5, 5.41) is 2.70. The molecule has 0 aromatic heterocycles. The fourth-order valence-electron chi connectivity index (χ4n) is 2.08. The van der Waals surface area contributed by atoms with Crippen molar-refractivity contribution in [3.8, 4) is 5.75 Å². The van der Waals surface area contributed by atoms with Crippen molar-refractivity contribution in [1.29, 1.82) is 0 Å². The molecule has 136 valence electrons. The Morgan fingerprint density at radius 2 is 1.77 bits per heavy atom. The standard InChI is InChI=1S/C20H20FNO4/c1-14(20(24)22-13-16-5-10-18(25-2)11-6-16)26-19(23)12-7-15-3-8-17(21)9-4-15/h3-12,14H,13H2,1-2H3,(H,22,24)/b12-7+/t14-/m0/s1. The highest BCUT2D eigenvalue weighted by atomic mass is 19.1. The minimum atomic E-state index is -0.932. The molecular weight excluding hydrogens is 337 g/mol. The number of benzene rings is 2. The first-order valence-electron chi connectivity index (χ1n) is 8.03. The van der Waals surface area contributed by atoms with E-state index in [-0.39, 0.29) is 5.82 Å². The maximum absolute atomic E-state index is 12.8. The second-order valence-corrected chi connectivity index (χ2v) is 5.53. The molecule has 0 unspecified atom stereocenters. The Bertz CT molecular complexity index is 769. The fourth-order valence-corrected chi connectivity index (χ4v) is 2.08. The Labute approximate surface area is 151 Å². The van der Waals surface area contributed by atoms with Crippen LogP contribution < -0.4 is 10.1 Å². The summed E-state index contributed by atoms with van der Waals surface area (Å²) in [6.45, 7) is 1.81. The largest absolute Gasteiger partial charge is 0.497 e. The Kier molecular flexibility index (Phi) is 6.91. The number of carbonyl (C=O) groups is 2. The van der Waals surface area contributed by atoms with Gasteiger partial charge in [-0.15, -0.1) is 0 Å². The van der Waals surface area contributed by atoms with E-state index < -0.39 is 18.0 Å². The smallest absolute Gasteiger partial charge is 0.331 e. The molecule has 0 spiro atoms. The van der Waals surface area contributed by atoms with E-state index in [4.69, 9.17) is 9.47 Å². The van der Waals surface area contributed by atoms with Gasteiger partial charge in [0.1, 0.15) is 11.6 Å². The van der Waals surface area contributed by atoms with E-state index in [9.17, 15) is 14.0 Å². The highest BCUT2D eigenvalue weighted by Crippen LogP contribution is 2.11. The van der Waals surface area contributed by atoms with Crippen LogP contribution in [-0.2, 0) is 20.9 Å². The number of esters is 1. The zero-order valence-electron chi connectivity index (χ0n) is 14.6. The molecule has 6 heteroatoms. The minimum absolute atomic E-state index is 0.316. The lowest BCUT2D eigenvalue weighted by molar-refractivity contribution is -0.150. The fraction of sp³-hybridized carbons (Fsp3) is 0.200. The van der Waals surface area contributed by atoms with Gasteiger partial charge in [0.2, 0.25) is 0 Å². The number of carbonyl (C=O) groups excluding carboxylic acids is 2. The lowest BCUT2D eigenvalue weighted by Crippen LogP contribution is -2.35. The summed E-state index contributed by atoms with van der Waals surface area (Å²) >= 11 is 0. The number of amides is 1. The number of rotatable bonds is 7. The Balaban J connectivity index is 1.79. The third-order valence-electron chi connectivity index (χ3n) is 3.57. The molecule has 0 heterocycles. The van der Waals surface area contributed by atoms with Gasteiger partial charge in [0, 0.05) is 12.6 Å². The predicted molar refractivity (Wildman–Crippen MR) is 95.8 cm³/mol. The van der Waals surface area contributed by atoms with Crippen molar-refractivity contribution in [3.63, 3.8) is 0 Å². The molecule has 26 heavy (non-hydrogen) atoms. The third kappa shape index (κ3) is 6.05. The Hall–Kier alpha value is -3.15. The van der Waals surface area contributed by atoms with Crippen molar-refractivity contribution in [2.45, 2.75) is 19.6 Å². The van der Waals surface area contributed by atoms with E-state index >= 15 is 0 Å². The molecule has 0 radical (unpaired) electrons. The van der Waals surface area contributed by atoms with E-state index in [1.54, 1.807) is 19.2 Å². The summed E-state index contributed by atoms with van der Waals surface area (Å²) < 4.78 is 22.9. The van der Waals surface area contributed by atoms with E-state index in [2.05, 4.69) is 5.32 Å². The normalized spacial score (nSPS) is 11.8. The van der Waals surface area contributed by atoms with Gasteiger partial charge in [-0.3, -0.25) is 4.79 Å². The van der Waals surface area contributed by atoms with Gasteiger partial charge in [-0.1, -0.05) is 24.3 Å². The lowest BCUT2D eigenvalue weighted by Gasteiger charge is -2.12. The molecule has 0 aliphatic carbocycles. The van der Waals surface area contributed by atoms with Crippen LogP contribution in [0.5, 0.6) is 5.75 Å². The maximum atomic E-state index is 12.8. The maximum Gasteiger partial charge on any atom is 0.331 e. The molecule has 1 amide bonds. The molecule has 2 rings (SSSR count). The van der Waals surface area contributed by atoms with Crippen molar-refractivity contribution >= 4 is 18.0 Å². The van der Waals surface area contributed by atoms with Crippen LogP contribution in [0.2, 0.25) is 0 Å². The second-order valence-electron chi connectivity index (χ2n) is 5.53. The number of ether oxygens (including phenoxy) is 2. The highest BCUT2D eigenvalue weighted by molar-refractivity contribution is 5.90. The average Bonchev–Trinajstić information content (AvgIpc) is 2.66. The number of halogens is 1. The highest BCUT2D eigenvalue weighted by Gasteiger charge is 2.16. The number of hydrogen-bond acceptors (Lipinski definition) is 4. The van der Waals surface area contributed by atoms with Gasteiger partial charge in [-0.2, -0.15) is 0 Å². The first kappa shape index (κ1) is 19.2. The third-order valence-corrected chi connectivity index (χ3v) is 3.57. The van der Waals surface area contributed by atoms with E-state index in [0.29, 0.717) is 12.1 Å². The minimum Gasteiger partial charge on any atom is -0.497 e. The summed E-state index contributed by atoms with van der Waals surface area (Å²) in [5.74, 6) is -0.673. The van der Waals surface area contributed by atoms with E-state index in [0.717, 1.165) is 11.3 Å². The van der Waals surface area contributed by atoms with Crippen molar-refractivity contribution in [2.24, 2.45) is 0 Å². The van der Waals surface area contributed by atoms with Gasteiger partial charge in [-0.05, 0) is 48.4 Å². The van der Waals surface area contributed by atoms with Crippen molar-refractivity contribution < 1.29 is 23.5 Å². The van der Waals surface area contributed by atoms with E-state index in [1.165, 1.54) is 43.3 Å². The van der Waals surface area contributed by atoms with Gasteiger partial charge in [0.05, 0.1) is 7.11 Å². The molecule has 1 atom stereocenters. The van der Waals surface area contributed by atoms with E-state index in [1.807, 2.05) is 12.1 Å². The molecule has 0 saturated carbocycles. The summed E-state index contributed by atoms with van der Waals surface area (Å²) in [6.07, 6.45) is 1.75. The second kappa shape index (κ2) is 9.36. The SMILES string of the molecule is COc1ccc(CNC(=O)[C@H](C)OC(=O)/C=C/c2ccc(F)cc2)cc1. The molecule has 0 saturated heterocycles. The molecule has 1 N–H and O–H groups in total. The zero-order chi connectivity index (χ0) is 18.9. The van der Waals surface area contributed by atoms with Crippen LogP contribution in [0.4, 0.5) is 4.39 Å². The van der Waals surface area contributed by atoms with Gasteiger partial charge in [0.25, 0.3) is 5.91 Å². The van der Waals surface area contributed by atoms with Crippen LogP contribution in [0, 0.1) is 5.82 Å². The summed E-state index contributed by atoms with van der Waals surface area (Å²) in [7, 11) is 1.58. The number of hydrogen-bond donors (Lipinski definition) is 1. The van der Waals surface area contributed by atoms with Crippen LogP contribution in [-0.4, -0.2) is 25.1 Å². The summed E-state index contributed by atoms with van der Waals surface area (Å²) in [4.78, 5) is 23.8. The molecule has 0 bridgehead atoms. The lowest BCUT2D eigenvalue weighted by atomic mass is 10.2. The average molecular weight is 357 g/mol. The molecule has 5 nitrogen and oxygen atoms in total. The van der Waals surface area contributed by atoms with Crippen molar-refractivity contribution in [3.05, 3.63) is 71.6 Å². The molecule has 0 aliphatic rings. The molecule has 2 aromatic rings. The topological polar surface area (TPSA) is 64.6 Å². The van der Waals surface area contributed by atoms with Gasteiger partial charge < -0.3 is 14.8 Å². The van der Waals surface area contributed by atoms with Crippen LogP contribution >= 0.6 is 0 Å². The zero-order valence-corrected chi connectivity index (χ0v) is 14.6. The molecular formula is C20H20FNO4. The van der Waals surface area contributed by atoms with Gasteiger partial charge in [-0.25, -0.2) is 9.18 Å². The Morgan fingerprint density at radius 3 is 2.38 bits per heavy atom. The quantitative estimate of drug-likeness (QED) is 0.611. The van der Waals surface area contributed by atoms with Crippen molar-refractivity contribution in [1.82, 2.24) is 5.32 Å². The Morgan fingerprint density at radius 1 is 1.12 bits per heavy atom. The van der Waals surface area contributed by atoms with Crippen LogP contribution in [0.1, 0.15) is 18.1 Å². The van der Waals surface area contributed by atoms with Gasteiger partial charge in [0.15, 0.2) is 6.10 Å². The summed E-state index contributed by atoms with van der Waals surface area (Å²) in [6, 6.07) is 12.9. The number of methoxy groups -OCH3 is 1. The van der Waals surface area contributed by atoms with Crippen LogP contribution in [0.15, 0.2) is 54.6 Å². The summed E-state index contributed by atoms with van der Waals surface area (Å²) in [5.41, 5.74) is 1.55. The molecule has 0 fully saturated rings. The monoisotopic (exact) mass is 357 g/mol. The first-order valence-corrected chi connectivity index (χ1v) is 8.03. The first-order chi connectivity index (χ1) is 12.5.